The third-order valence-corrected chi connectivity index (χ3v) is 3.40. The van der Waals surface area contributed by atoms with Gasteiger partial charge in [0.25, 0.3) is 0 Å². The standard InChI is InChI=1S/C14H28N4O/c1-10(2)15-8-13-12(4)16-18(6)14(13)17(5)11(3)9-19-7/h10-11,15H,8-9H2,1-7H3. The second-order valence-electron chi connectivity index (χ2n) is 5.46. The van der Waals surface area contributed by atoms with E-state index in [9.17, 15) is 0 Å². The fraction of sp³-hybridized carbons (Fsp3) is 0.786. The first-order valence-corrected chi connectivity index (χ1v) is 6.86. The maximum Gasteiger partial charge on any atom is 0.131 e. The Balaban J connectivity index is 2.97. The molecule has 19 heavy (non-hydrogen) atoms. The third-order valence-electron chi connectivity index (χ3n) is 3.40. The molecule has 110 valence electrons. The predicted molar refractivity (Wildman–Crippen MR) is 79.7 cm³/mol. The molecule has 1 N–H and O–H groups in total. The van der Waals surface area contributed by atoms with Crippen LogP contribution in [0.15, 0.2) is 0 Å². The van der Waals surface area contributed by atoms with Gasteiger partial charge in [-0.15, -0.1) is 0 Å². The van der Waals surface area contributed by atoms with Gasteiger partial charge in [0.2, 0.25) is 0 Å². The average Bonchev–Trinajstić information content (AvgIpc) is 2.60. The Kier molecular flexibility index (Phi) is 5.82. The Hall–Kier alpha value is -1.07. The number of methoxy groups -OCH3 is 1. The Morgan fingerprint density at radius 3 is 2.53 bits per heavy atom. The van der Waals surface area contributed by atoms with Gasteiger partial charge in [-0.2, -0.15) is 5.10 Å². The number of anilines is 1. The maximum absolute atomic E-state index is 5.24. The Bertz CT molecular complexity index is 400. The summed E-state index contributed by atoms with van der Waals surface area (Å²) in [5, 5.41) is 8.02. The van der Waals surface area contributed by atoms with Crippen molar-refractivity contribution in [2.75, 3.05) is 25.7 Å². The number of aromatic nitrogens is 2. The fourth-order valence-corrected chi connectivity index (χ4v) is 2.21. The first kappa shape index (κ1) is 16.0. The summed E-state index contributed by atoms with van der Waals surface area (Å²) in [5.74, 6) is 1.16. The minimum Gasteiger partial charge on any atom is -0.383 e. The lowest BCUT2D eigenvalue weighted by Crippen LogP contribution is -2.35. The van der Waals surface area contributed by atoms with Crippen LogP contribution in [0, 0.1) is 6.92 Å². The first-order valence-electron chi connectivity index (χ1n) is 6.86. The van der Waals surface area contributed by atoms with Gasteiger partial charge in [-0.1, -0.05) is 13.8 Å². The first-order chi connectivity index (χ1) is 8.88. The molecule has 0 fully saturated rings. The van der Waals surface area contributed by atoms with Crippen LogP contribution in [0.4, 0.5) is 5.82 Å². The van der Waals surface area contributed by atoms with Gasteiger partial charge in [0, 0.05) is 39.4 Å². The summed E-state index contributed by atoms with van der Waals surface area (Å²) >= 11 is 0. The molecular weight excluding hydrogens is 240 g/mol. The highest BCUT2D eigenvalue weighted by molar-refractivity contribution is 5.50. The van der Waals surface area contributed by atoms with Gasteiger partial charge in [-0.25, -0.2) is 0 Å². The summed E-state index contributed by atoms with van der Waals surface area (Å²) in [6, 6.07) is 0.784. The van der Waals surface area contributed by atoms with Crippen molar-refractivity contribution in [3.05, 3.63) is 11.3 Å². The number of ether oxygens (including phenoxy) is 1. The van der Waals surface area contributed by atoms with E-state index >= 15 is 0 Å². The molecule has 0 saturated carbocycles. The second kappa shape index (κ2) is 6.91. The van der Waals surface area contributed by atoms with E-state index < -0.39 is 0 Å². The highest BCUT2D eigenvalue weighted by Crippen LogP contribution is 2.24. The van der Waals surface area contributed by atoms with Gasteiger partial charge in [0.15, 0.2) is 0 Å². The van der Waals surface area contributed by atoms with Crippen molar-refractivity contribution in [3.63, 3.8) is 0 Å². The fourth-order valence-electron chi connectivity index (χ4n) is 2.21. The number of aryl methyl sites for hydroxylation is 2. The second-order valence-corrected chi connectivity index (χ2v) is 5.46. The summed E-state index contributed by atoms with van der Waals surface area (Å²) < 4.78 is 7.20. The van der Waals surface area contributed by atoms with Crippen LogP contribution in [-0.2, 0) is 18.3 Å². The molecular formula is C14H28N4O. The van der Waals surface area contributed by atoms with Crippen LogP contribution in [0.1, 0.15) is 32.0 Å². The van der Waals surface area contributed by atoms with E-state index in [0.717, 1.165) is 18.1 Å². The van der Waals surface area contributed by atoms with E-state index in [0.29, 0.717) is 18.7 Å². The summed E-state index contributed by atoms with van der Waals surface area (Å²) in [6.45, 7) is 10.1. The highest BCUT2D eigenvalue weighted by atomic mass is 16.5. The topological polar surface area (TPSA) is 42.3 Å². The number of rotatable bonds is 7. The van der Waals surface area contributed by atoms with E-state index in [4.69, 9.17) is 4.74 Å². The van der Waals surface area contributed by atoms with Crippen LogP contribution in [0.5, 0.6) is 0 Å². The molecule has 1 aromatic heterocycles. The number of likely N-dealkylation sites (N-methyl/N-ethyl adjacent to an activating group) is 1. The quantitative estimate of drug-likeness (QED) is 0.817. The minimum absolute atomic E-state index is 0.317. The molecule has 0 aliphatic heterocycles. The molecule has 0 spiro atoms. The zero-order valence-corrected chi connectivity index (χ0v) is 13.3. The van der Waals surface area contributed by atoms with Crippen molar-refractivity contribution in [2.24, 2.45) is 7.05 Å². The number of hydrogen-bond acceptors (Lipinski definition) is 4. The van der Waals surface area contributed by atoms with E-state index in [1.165, 1.54) is 5.56 Å². The van der Waals surface area contributed by atoms with E-state index in [1.54, 1.807) is 7.11 Å². The predicted octanol–water partition coefficient (Wildman–Crippen LogP) is 1.70. The van der Waals surface area contributed by atoms with Crippen LogP contribution >= 0.6 is 0 Å². The number of hydrogen-bond donors (Lipinski definition) is 1. The molecule has 5 nitrogen and oxygen atoms in total. The molecule has 5 heteroatoms. The highest BCUT2D eigenvalue weighted by Gasteiger charge is 2.20. The van der Waals surface area contributed by atoms with Gasteiger partial charge in [-0.3, -0.25) is 4.68 Å². The van der Waals surface area contributed by atoms with Crippen LogP contribution in [0.2, 0.25) is 0 Å². The average molecular weight is 268 g/mol. The van der Waals surface area contributed by atoms with Gasteiger partial charge >= 0.3 is 0 Å². The third kappa shape index (κ3) is 3.94. The molecule has 1 aromatic rings. The molecule has 0 saturated heterocycles. The smallest absolute Gasteiger partial charge is 0.131 e. The lowest BCUT2D eigenvalue weighted by Gasteiger charge is -2.27. The molecule has 0 radical (unpaired) electrons. The Morgan fingerprint density at radius 1 is 1.37 bits per heavy atom. The van der Waals surface area contributed by atoms with Crippen LogP contribution in [0.25, 0.3) is 0 Å². The largest absolute Gasteiger partial charge is 0.383 e. The molecule has 1 rings (SSSR count). The van der Waals surface area contributed by atoms with Crippen molar-refractivity contribution < 1.29 is 4.74 Å². The van der Waals surface area contributed by atoms with Crippen molar-refractivity contribution >= 4 is 5.82 Å². The van der Waals surface area contributed by atoms with E-state index in [-0.39, 0.29) is 0 Å². The van der Waals surface area contributed by atoms with Crippen LogP contribution in [-0.4, -0.2) is 42.6 Å². The molecule has 0 amide bonds. The summed E-state index contributed by atoms with van der Waals surface area (Å²) in [6.07, 6.45) is 0. The van der Waals surface area contributed by atoms with Gasteiger partial charge in [0.05, 0.1) is 18.3 Å². The van der Waals surface area contributed by atoms with E-state index in [2.05, 4.69) is 50.1 Å². The zero-order chi connectivity index (χ0) is 14.6. The van der Waals surface area contributed by atoms with Gasteiger partial charge in [-0.05, 0) is 13.8 Å². The minimum atomic E-state index is 0.317. The monoisotopic (exact) mass is 268 g/mol. The molecule has 1 heterocycles. The Morgan fingerprint density at radius 2 is 2.00 bits per heavy atom. The summed E-state index contributed by atoms with van der Waals surface area (Å²) in [4.78, 5) is 2.24. The van der Waals surface area contributed by atoms with Gasteiger partial charge < -0.3 is 15.0 Å². The summed E-state index contributed by atoms with van der Waals surface area (Å²) in [5.41, 5.74) is 2.35. The SMILES string of the molecule is COCC(C)N(C)c1c(CNC(C)C)c(C)nn1C. The molecule has 0 aliphatic rings. The lowest BCUT2D eigenvalue weighted by atomic mass is 10.2. The van der Waals surface area contributed by atoms with Crippen molar-refractivity contribution in [1.29, 1.82) is 0 Å². The van der Waals surface area contributed by atoms with Gasteiger partial charge in [0.1, 0.15) is 5.82 Å². The van der Waals surface area contributed by atoms with Crippen LogP contribution in [0.3, 0.4) is 0 Å². The maximum atomic E-state index is 5.24. The number of nitrogens with one attached hydrogen (secondary N) is 1. The number of nitrogens with zero attached hydrogens (tertiary/aromatic N) is 3. The zero-order valence-electron chi connectivity index (χ0n) is 13.3. The lowest BCUT2D eigenvalue weighted by molar-refractivity contribution is 0.183. The molecule has 0 aliphatic carbocycles. The van der Waals surface area contributed by atoms with Crippen LogP contribution < -0.4 is 10.2 Å². The van der Waals surface area contributed by atoms with E-state index in [1.807, 2.05) is 11.7 Å². The van der Waals surface area contributed by atoms with Crippen molar-refractivity contribution in [3.8, 4) is 0 Å². The molecule has 0 bridgehead atoms. The molecule has 1 unspecified atom stereocenters. The molecule has 1 atom stereocenters. The summed E-state index contributed by atoms with van der Waals surface area (Å²) in [7, 11) is 5.83. The normalized spacial score (nSPS) is 13.1. The van der Waals surface area contributed by atoms with Crippen molar-refractivity contribution in [1.82, 2.24) is 15.1 Å². The van der Waals surface area contributed by atoms with Crippen molar-refractivity contribution in [2.45, 2.75) is 46.3 Å². The Labute approximate surface area is 116 Å². The molecule has 0 aromatic carbocycles.